The highest BCUT2D eigenvalue weighted by Gasteiger charge is 2.36. The molecule has 0 bridgehead atoms. The fourth-order valence-corrected chi connectivity index (χ4v) is 3.95. The van der Waals surface area contributed by atoms with Crippen LogP contribution in [-0.2, 0) is 14.8 Å². The standard InChI is InChI=1S/C11H11ClFNO4S/c12-8-6-7(3-4-9(8)13)19(17,18)14-5-1-2-10(14)11(15)16/h3-4,6,10H,1-2,5H2,(H,15,16)/p-1/t10-/m1/s1. The van der Waals surface area contributed by atoms with Gasteiger partial charge in [-0.05, 0) is 31.0 Å². The van der Waals surface area contributed by atoms with Crippen molar-refractivity contribution in [2.75, 3.05) is 6.54 Å². The molecule has 2 rings (SSSR count). The lowest BCUT2D eigenvalue weighted by molar-refractivity contribution is -0.309. The molecular weight excluding hydrogens is 297 g/mol. The Morgan fingerprint density at radius 1 is 1.47 bits per heavy atom. The van der Waals surface area contributed by atoms with E-state index in [0.717, 1.165) is 22.5 Å². The van der Waals surface area contributed by atoms with Crippen molar-refractivity contribution in [3.8, 4) is 0 Å². The summed E-state index contributed by atoms with van der Waals surface area (Å²) in [4.78, 5) is 10.7. The third-order valence-corrected chi connectivity index (χ3v) is 5.17. The Morgan fingerprint density at radius 2 is 2.16 bits per heavy atom. The second kappa shape index (κ2) is 5.07. The van der Waals surface area contributed by atoms with E-state index in [9.17, 15) is 22.7 Å². The van der Waals surface area contributed by atoms with Crippen LogP contribution in [0.4, 0.5) is 4.39 Å². The molecule has 0 aromatic heterocycles. The van der Waals surface area contributed by atoms with Crippen molar-refractivity contribution in [3.63, 3.8) is 0 Å². The van der Waals surface area contributed by atoms with Gasteiger partial charge in [-0.3, -0.25) is 0 Å². The first-order valence-electron chi connectivity index (χ1n) is 5.52. The van der Waals surface area contributed by atoms with Crippen LogP contribution in [0.2, 0.25) is 5.02 Å². The van der Waals surface area contributed by atoms with Gasteiger partial charge in [0.2, 0.25) is 10.0 Å². The summed E-state index contributed by atoms with van der Waals surface area (Å²) in [7, 11) is -4.01. The fraction of sp³-hybridized carbons (Fsp3) is 0.364. The Hall–Kier alpha value is -1.18. The molecule has 19 heavy (non-hydrogen) atoms. The molecule has 8 heteroatoms. The Bertz CT molecular complexity index is 619. The number of carbonyl (C=O) groups excluding carboxylic acids is 1. The number of carboxylic acids is 1. The second-order valence-corrected chi connectivity index (χ2v) is 6.47. The predicted octanol–water partition coefficient (Wildman–Crippen LogP) is 0.382. The monoisotopic (exact) mass is 306 g/mol. The maximum Gasteiger partial charge on any atom is 0.243 e. The number of hydrogen-bond acceptors (Lipinski definition) is 4. The zero-order valence-corrected chi connectivity index (χ0v) is 11.2. The minimum absolute atomic E-state index is 0.0932. The molecule has 0 amide bonds. The van der Waals surface area contributed by atoms with Gasteiger partial charge in [0.15, 0.2) is 0 Å². The van der Waals surface area contributed by atoms with Crippen LogP contribution < -0.4 is 5.11 Å². The minimum Gasteiger partial charge on any atom is -0.548 e. The number of carbonyl (C=O) groups is 1. The van der Waals surface area contributed by atoms with E-state index in [1.54, 1.807) is 0 Å². The first kappa shape index (κ1) is 14.2. The Morgan fingerprint density at radius 3 is 2.74 bits per heavy atom. The lowest BCUT2D eigenvalue weighted by Crippen LogP contribution is -2.46. The van der Waals surface area contributed by atoms with Crippen molar-refractivity contribution < 1.29 is 22.7 Å². The molecule has 0 saturated carbocycles. The normalized spacial score (nSPS) is 20.6. The van der Waals surface area contributed by atoms with Gasteiger partial charge in [-0.2, -0.15) is 4.31 Å². The van der Waals surface area contributed by atoms with Crippen LogP contribution in [0.5, 0.6) is 0 Å². The van der Waals surface area contributed by atoms with Crippen LogP contribution in [0.3, 0.4) is 0 Å². The molecule has 104 valence electrons. The van der Waals surface area contributed by atoms with E-state index in [1.807, 2.05) is 0 Å². The third kappa shape index (κ3) is 2.58. The average Bonchev–Trinajstić information content (AvgIpc) is 2.82. The molecule has 1 fully saturated rings. The third-order valence-electron chi connectivity index (χ3n) is 2.97. The Balaban J connectivity index is 2.42. The topological polar surface area (TPSA) is 77.5 Å². The number of hydrogen-bond donors (Lipinski definition) is 0. The summed E-state index contributed by atoms with van der Waals surface area (Å²) in [6, 6.07) is 1.77. The highest BCUT2D eigenvalue weighted by atomic mass is 35.5. The summed E-state index contributed by atoms with van der Waals surface area (Å²) in [6.07, 6.45) is 0.642. The van der Waals surface area contributed by atoms with Gasteiger partial charge in [-0.15, -0.1) is 0 Å². The molecule has 5 nitrogen and oxygen atoms in total. The molecular formula is C11H10ClFNO4S-. The summed E-state index contributed by atoms with van der Waals surface area (Å²) >= 11 is 5.54. The predicted molar refractivity (Wildman–Crippen MR) is 63.3 cm³/mol. The zero-order valence-electron chi connectivity index (χ0n) is 9.68. The number of carboxylic acid groups (broad SMARTS) is 1. The van der Waals surface area contributed by atoms with Crippen LogP contribution in [0.15, 0.2) is 23.1 Å². The number of nitrogens with zero attached hydrogens (tertiary/aromatic N) is 1. The molecule has 0 unspecified atom stereocenters. The molecule has 1 aliphatic rings. The molecule has 1 aliphatic heterocycles. The van der Waals surface area contributed by atoms with Gasteiger partial charge in [-0.1, -0.05) is 11.6 Å². The SMILES string of the molecule is O=C([O-])[C@H]1CCCN1S(=O)(=O)c1ccc(F)c(Cl)c1. The lowest BCUT2D eigenvalue weighted by atomic mass is 10.2. The van der Waals surface area contributed by atoms with E-state index in [-0.39, 0.29) is 22.9 Å². The number of rotatable bonds is 3. The van der Waals surface area contributed by atoms with E-state index < -0.39 is 27.9 Å². The number of benzene rings is 1. The van der Waals surface area contributed by atoms with E-state index >= 15 is 0 Å². The molecule has 0 aliphatic carbocycles. The Labute approximate surface area is 114 Å². The van der Waals surface area contributed by atoms with Crippen molar-refractivity contribution in [3.05, 3.63) is 29.0 Å². The van der Waals surface area contributed by atoms with Crippen molar-refractivity contribution in [1.82, 2.24) is 4.31 Å². The maximum absolute atomic E-state index is 13.0. The van der Waals surface area contributed by atoms with E-state index in [0.29, 0.717) is 6.42 Å². The maximum atomic E-state index is 13.0. The molecule has 1 saturated heterocycles. The van der Waals surface area contributed by atoms with Crippen LogP contribution in [0.25, 0.3) is 0 Å². The quantitative estimate of drug-likeness (QED) is 0.809. The van der Waals surface area contributed by atoms with Crippen molar-refractivity contribution in [2.24, 2.45) is 0 Å². The van der Waals surface area contributed by atoms with Gasteiger partial charge < -0.3 is 9.90 Å². The summed E-state index contributed by atoms with van der Waals surface area (Å²) in [5, 5.41) is 10.6. The molecule has 0 spiro atoms. The highest BCUT2D eigenvalue weighted by Crippen LogP contribution is 2.28. The van der Waals surface area contributed by atoms with Gasteiger partial charge in [0.05, 0.1) is 21.9 Å². The van der Waals surface area contributed by atoms with Gasteiger partial charge >= 0.3 is 0 Å². The van der Waals surface area contributed by atoms with E-state index in [4.69, 9.17) is 11.6 Å². The number of halogens is 2. The molecule has 1 aromatic carbocycles. The molecule has 0 radical (unpaired) electrons. The molecule has 1 aromatic rings. The fourth-order valence-electron chi connectivity index (χ4n) is 2.04. The van der Waals surface area contributed by atoms with E-state index in [1.165, 1.54) is 0 Å². The van der Waals surface area contributed by atoms with Gasteiger partial charge in [0.1, 0.15) is 5.82 Å². The number of aliphatic carboxylic acids is 1. The van der Waals surface area contributed by atoms with Gasteiger partial charge in [-0.25, -0.2) is 12.8 Å². The van der Waals surface area contributed by atoms with Crippen LogP contribution in [-0.4, -0.2) is 31.3 Å². The highest BCUT2D eigenvalue weighted by molar-refractivity contribution is 7.89. The summed E-state index contributed by atoms with van der Waals surface area (Å²) in [5.41, 5.74) is 0. The van der Waals surface area contributed by atoms with Crippen LogP contribution >= 0.6 is 11.6 Å². The largest absolute Gasteiger partial charge is 0.548 e. The number of sulfonamides is 1. The smallest absolute Gasteiger partial charge is 0.243 e. The minimum atomic E-state index is -4.01. The van der Waals surface area contributed by atoms with Crippen molar-refractivity contribution >= 4 is 27.6 Å². The first-order valence-corrected chi connectivity index (χ1v) is 7.33. The van der Waals surface area contributed by atoms with Crippen molar-refractivity contribution in [2.45, 2.75) is 23.8 Å². The van der Waals surface area contributed by atoms with Crippen LogP contribution in [0.1, 0.15) is 12.8 Å². The van der Waals surface area contributed by atoms with Gasteiger partial charge in [0.25, 0.3) is 0 Å². The molecule has 1 heterocycles. The van der Waals surface area contributed by atoms with Crippen LogP contribution in [0, 0.1) is 5.82 Å². The summed E-state index contributed by atoms with van der Waals surface area (Å²) in [5.74, 6) is -2.17. The summed E-state index contributed by atoms with van der Waals surface area (Å²) in [6.45, 7) is 0.0932. The molecule has 0 N–H and O–H groups in total. The molecule has 1 atom stereocenters. The lowest BCUT2D eigenvalue weighted by Gasteiger charge is -2.24. The zero-order chi connectivity index (χ0) is 14.2. The average molecular weight is 307 g/mol. The first-order chi connectivity index (χ1) is 8.84. The van der Waals surface area contributed by atoms with Crippen molar-refractivity contribution in [1.29, 1.82) is 0 Å². The van der Waals surface area contributed by atoms with E-state index in [2.05, 4.69) is 0 Å². The summed E-state index contributed by atoms with van der Waals surface area (Å²) < 4.78 is 38.4. The van der Waals surface area contributed by atoms with Gasteiger partial charge in [0, 0.05) is 6.54 Å². The second-order valence-electron chi connectivity index (χ2n) is 4.17. The Kier molecular flexibility index (Phi) is 3.80.